The van der Waals surface area contributed by atoms with Gasteiger partial charge in [0.1, 0.15) is 4.90 Å². The van der Waals surface area contributed by atoms with Crippen molar-refractivity contribution in [1.82, 2.24) is 0 Å². The molecule has 0 saturated heterocycles. The Morgan fingerprint density at radius 2 is 1.47 bits per heavy atom. The van der Waals surface area contributed by atoms with Gasteiger partial charge in [-0.1, -0.05) is 12.1 Å². The van der Waals surface area contributed by atoms with Gasteiger partial charge in [0.25, 0.3) is 11.0 Å². The lowest BCUT2D eigenvalue weighted by molar-refractivity contribution is 0.380. The maximum absolute atomic E-state index is 11.2. The molecule has 1 rings (SSSR count). The van der Waals surface area contributed by atoms with Gasteiger partial charge in [-0.05, 0) is 12.1 Å². The lowest BCUT2D eigenvalue weighted by Crippen LogP contribution is -2.07. The molecule has 0 fully saturated rings. The summed E-state index contributed by atoms with van der Waals surface area (Å²) in [6, 6.07) is 5.41. The molecule has 4 N–H and O–H groups in total. The Hall–Kier alpha value is -1.25. The van der Waals surface area contributed by atoms with Crippen LogP contribution in [0.4, 0.5) is 5.69 Å². The summed E-state index contributed by atoms with van der Waals surface area (Å²) < 4.78 is 77.9. The zero-order valence-corrected chi connectivity index (χ0v) is 11.4. The van der Waals surface area contributed by atoms with E-state index < -0.39 is 31.5 Å². The van der Waals surface area contributed by atoms with Crippen LogP contribution in [0.3, 0.4) is 0 Å². The number of rotatable bonds is 3. The van der Waals surface area contributed by atoms with Crippen LogP contribution >= 0.6 is 0 Å². The highest BCUT2D eigenvalue weighted by atomic mass is 32.3. The van der Waals surface area contributed by atoms with E-state index in [2.05, 4.69) is 3.63 Å². The first-order valence-corrected chi connectivity index (χ1v) is 7.97. The van der Waals surface area contributed by atoms with Gasteiger partial charge in [0.15, 0.2) is 0 Å². The zero-order chi connectivity index (χ0) is 15.3. The molecule has 0 aliphatic heterocycles. The Kier molecular flexibility index (Phi) is 6.34. The van der Waals surface area contributed by atoms with Gasteiger partial charge in [-0.2, -0.15) is 16.8 Å². The van der Waals surface area contributed by atoms with Crippen LogP contribution in [-0.2, 0) is 35.1 Å². The van der Waals surface area contributed by atoms with Crippen molar-refractivity contribution in [3.05, 3.63) is 24.3 Å². The summed E-state index contributed by atoms with van der Waals surface area (Å²) in [5, 5.41) is 0. The number of hydrogen-bond acceptors (Lipinski definition) is 8. The van der Waals surface area contributed by atoms with E-state index in [1.54, 1.807) is 0 Å². The zero-order valence-electron chi connectivity index (χ0n) is 8.90. The molecule has 1 aromatic carbocycles. The second-order valence-electron chi connectivity index (χ2n) is 2.74. The van der Waals surface area contributed by atoms with Gasteiger partial charge in [0, 0.05) is 0 Å². The third kappa shape index (κ3) is 8.46. The minimum Gasteiger partial charge on any atom is -0.398 e. The van der Waals surface area contributed by atoms with Crippen molar-refractivity contribution in [2.75, 3.05) is 5.73 Å². The normalized spacial score (nSPS) is 11.7. The Morgan fingerprint density at radius 1 is 1.05 bits per heavy atom. The maximum Gasteiger partial charge on any atom is 0.394 e. The van der Waals surface area contributed by atoms with E-state index in [0.717, 1.165) is 6.07 Å². The molecule has 0 heterocycles. The third-order valence-electron chi connectivity index (χ3n) is 1.35. The summed E-state index contributed by atoms with van der Waals surface area (Å²) in [5.74, 6) is 0. The highest BCUT2D eigenvalue weighted by molar-refractivity contribution is 7.93. The van der Waals surface area contributed by atoms with E-state index >= 15 is 0 Å². The summed E-state index contributed by atoms with van der Waals surface area (Å²) in [6.07, 6.45) is 0. The number of thiol groups is 1. The van der Waals surface area contributed by atoms with Crippen LogP contribution in [0, 0.1) is 0 Å². The highest BCUT2D eigenvalue weighted by Crippen LogP contribution is 2.19. The summed E-state index contributed by atoms with van der Waals surface area (Å²) in [6.45, 7) is 0. The number of hydrogen-bond donors (Lipinski definition) is 4. The minimum atomic E-state index is -4.67. The first-order chi connectivity index (χ1) is 8.43. The van der Waals surface area contributed by atoms with Gasteiger partial charge < -0.3 is 5.73 Å². The second-order valence-corrected chi connectivity index (χ2v) is 6.03. The van der Waals surface area contributed by atoms with Gasteiger partial charge >= 0.3 is 20.5 Å². The van der Waals surface area contributed by atoms with Crippen LogP contribution in [0.1, 0.15) is 0 Å². The maximum atomic E-state index is 11.2. The van der Waals surface area contributed by atoms with Gasteiger partial charge in [0.2, 0.25) is 0 Å². The molecule has 0 atom stereocenters. The van der Waals surface area contributed by atoms with Crippen LogP contribution in [0.15, 0.2) is 29.2 Å². The molecule has 0 unspecified atom stereocenters. The van der Waals surface area contributed by atoms with E-state index in [4.69, 9.17) is 23.3 Å². The molecule has 0 saturated carbocycles. The van der Waals surface area contributed by atoms with E-state index in [1.807, 2.05) is 0 Å². The van der Waals surface area contributed by atoms with Crippen LogP contribution < -0.4 is 5.73 Å². The van der Waals surface area contributed by atoms with E-state index in [-0.39, 0.29) is 10.6 Å². The first kappa shape index (κ1) is 17.8. The Labute approximate surface area is 110 Å². The molecule has 13 heteroatoms. The molecule has 10 nitrogen and oxygen atoms in total. The van der Waals surface area contributed by atoms with Gasteiger partial charge in [-0.25, -0.2) is 8.42 Å². The largest absolute Gasteiger partial charge is 0.398 e. The molecule has 0 amide bonds. The quantitative estimate of drug-likeness (QED) is 0.299. The molecule has 19 heavy (non-hydrogen) atoms. The SMILES string of the molecule is Nc1ccccc1S(=O)(=O)O[SH](=O)=O.O=S(=O)(O)O. The van der Waals surface area contributed by atoms with Gasteiger partial charge in [-0.3, -0.25) is 9.11 Å². The predicted molar refractivity (Wildman–Crippen MR) is 63.6 cm³/mol. The Bertz CT molecular complexity index is 687. The Balaban J connectivity index is 0.000000555. The topological polar surface area (TPSA) is 178 Å². The third-order valence-corrected chi connectivity index (χ3v) is 3.53. The predicted octanol–water partition coefficient (Wildman–Crippen LogP) is -1.15. The average molecular weight is 335 g/mol. The molecule has 0 aliphatic rings. The molecule has 0 aliphatic carbocycles. The van der Waals surface area contributed by atoms with E-state index in [0.29, 0.717) is 0 Å². The molecule has 0 radical (unpaired) electrons. The lowest BCUT2D eigenvalue weighted by Gasteiger charge is -2.02. The number of nitrogens with two attached hydrogens (primary N) is 1. The fourth-order valence-corrected chi connectivity index (χ4v) is 2.39. The van der Waals surface area contributed by atoms with Crippen molar-refractivity contribution in [2.45, 2.75) is 4.90 Å². The molecular formula is C6H9NO9S3. The number of para-hydroxylation sites is 1. The van der Waals surface area contributed by atoms with E-state index in [9.17, 15) is 16.8 Å². The average Bonchev–Trinajstić information content (AvgIpc) is 2.12. The number of anilines is 1. The van der Waals surface area contributed by atoms with Gasteiger partial charge in [0.05, 0.1) is 5.69 Å². The first-order valence-electron chi connectivity index (χ1n) is 4.07. The van der Waals surface area contributed by atoms with Crippen LogP contribution in [0.5, 0.6) is 0 Å². The number of benzene rings is 1. The lowest BCUT2D eigenvalue weighted by atomic mass is 10.3. The van der Waals surface area contributed by atoms with Crippen LogP contribution in [0.2, 0.25) is 0 Å². The summed E-state index contributed by atoms with van der Waals surface area (Å²) >= 11 is 0. The molecular weight excluding hydrogens is 326 g/mol. The summed E-state index contributed by atoms with van der Waals surface area (Å²) in [7, 11) is -12.4. The van der Waals surface area contributed by atoms with Gasteiger partial charge in [-0.15, -0.1) is 3.63 Å². The monoisotopic (exact) mass is 335 g/mol. The van der Waals surface area contributed by atoms with Crippen molar-refractivity contribution >= 4 is 37.2 Å². The van der Waals surface area contributed by atoms with Crippen molar-refractivity contribution in [3.63, 3.8) is 0 Å². The molecule has 1 aromatic rings. The fourth-order valence-electron chi connectivity index (χ4n) is 0.828. The molecule has 0 bridgehead atoms. The molecule has 0 aromatic heterocycles. The molecule has 110 valence electrons. The van der Waals surface area contributed by atoms with E-state index in [1.165, 1.54) is 18.2 Å². The highest BCUT2D eigenvalue weighted by Gasteiger charge is 2.19. The van der Waals surface area contributed by atoms with Crippen molar-refractivity contribution < 1.29 is 38.0 Å². The summed E-state index contributed by atoms with van der Waals surface area (Å²) in [5.41, 5.74) is 5.26. The Morgan fingerprint density at radius 3 is 1.84 bits per heavy atom. The minimum absolute atomic E-state index is 0.0654. The van der Waals surface area contributed by atoms with Crippen LogP contribution in [-0.4, -0.2) is 34.4 Å². The van der Waals surface area contributed by atoms with Crippen molar-refractivity contribution in [1.29, 1.82) is 0 Å². The molecule has 0 spiro atoms. The van der Waals surface area contributed by atoms with Crippen molar-refractivity contribution in [2.24, 2.45) is 0 Å². The second kappa shape index (κ2) is 6.78. The van der Waals surface area contributed by atoms with Crippen LogP contribution in [0.25, 0.3) is 0 Å². The van der Waals surface area contributed by atoms with Crippen molar-refractivity contribution in [3.8, 4) is 0 Å². The smallest absolute Gasteiger partial charge is 0.394 e. The summed E-state index contributed by atoms with van der Waals surface area (Å²) in [4.78, 5) is -0.362. The standard InChI is InChI=1S/C6H7NO5S2.H2O4S/c7-5-3-1-2-4-6(5)14(10,11)12-13(8)9;1-5(2,3)4/h1-4,13H,7H2;(H2,1,2,3,4). The fraction of sp³-hybridized carbons (Fsp3) is 0. The number of nitrogen functional groups attached to an aromatic ring is 1.